The average Bonchev–Trinajstić information content (AvgIpc) is 3.29. The van der Waals surface area contributed by atoms with E-state index in [0.717, 1.165) is 30.2 Å². The molecule has 0 radical (unpaired) electrons. The Balaban J connectivity index is 1.83. The predicted molar refractivity (Wildman–Crippen MR) is 84.4 cm³/mol. The summed E-state index contributed by atoms with van der Waals surface area (Å²) < 4.78 is 5.40. The zero-order valence-corrected chi connectivity index (χ0v) is 12.1. The van der Waals surface area contributed by atoms with Crippen molar-refractivity contribution in [3.05, 3.63) is 48.7 Å². The highest BCUT2D eigenvalue weighted by atomic mass is 16.3. The molecule has 3 aromatic rings. The van der Waals surface area contributed by atoms with Gasteiger partial charge in [0.15, 0.2) is 11.6 Å². The van der Waals surface area contributed by atoms with Gasteiger partial charge in [0.25, 0.3) is 0 Å². The van der Waals surface area contributed by atoms with Crippen molar-refractivity contribution in [1.82, 2.24) is 15.2 Å². The van der Waals surface area contributed by atoms with Crippen LogP contribution in [-0.4, -0.2) is 28.3 Å². The minimum atomic E-state index is 0.534. The molecule has 0 spiro atoms. The second kappa shape index (κ2) is 5.60. The summed E-state index contributed by atoms with van der Waals surface area (Å²) in [5, 5.41) is 8.68. The second-order valence-corrected chi connectivity index (χ2v) is 5.35. The van der Waals surface area contributed by atoms with E-state index in [0.29, 0.717) is 11.6 Å². The largest absolute Gasteiger partial charge is 0.461 e. The number of anilines is 1. The van der Waals surface area contributed by atoms with Gasteiger partial charge in [-0.05, 0) is 25.0 Å². The molecular weight excluding hydrogens is 276 g/mol. The fourth-order valence-electron chi connectivity index (χ4n) is 2.76. The van der Waals surface area contributed by atoms with E-state index >= 15 is 0 Å². The van der Waals surface area contributed by atoms with E-state index in [1.807, 2.05) is 42.5 Å². The van der Waals surface area contributed by atoms with E-state index in [-0.39, 0.29) is 0 Å². The van der Waals surface area contributed by atoms with Gasteiger partial charge in [0, 0.05) is 18.7 Å². The number of aromatic nitrogens is 3. The van der Waals surface area contributed by atoms with Crippen LogP contribution in [0.15, 0.2) is 53.1 Å². The standard InChI is InChI=1S/C17H16N4O/c1-2-7-13(8-3-1)15-17(21-10-4-5-11-21)18-16(20-19-15)14-9-6-12-22-14/h1-3,6-9,12H,4-5,10-11H2. The maximum Gasteiger partial charge on any atom is 0.219 e. The van der Waals surface area contributed by atoms with Crippen molar-refractivity contribution in [1.29, 1.82) is 0 Å². The van der Waals surface area contributed by atoms with Gasteiger partial charge >= 0.3 is 0 Å². The Labute approximate surface area is 128 Å². The van der Waals surface area contributed by atoms with Crippen molar-refractivity contribution in [3.63, 3.8) is 0 Å². The average molecular weight is 292 g/mol. The molecule has 0 saturated carbocycles. The molecule has 4 rings (SSSR count). The molecular formula is C17H16N4O. The SMILES string of the molecule is c1ccc(-c2nnc(-c3ccco3)nc2N2CCCC2)cc1. The van der Waals surface area contributed by atoms with Gasteiger partial charge in [0.2, 0.25) is 5.82 Å². The highest BCUT2D eigenvalue weighted by Gasteiger charge is 2.21. The maximum atomic E-state index is 5.40. The molecule has 0 N–H and O–H groups in total. The highest BCUT2D eigenvalue weighted by Crippen LogP contribution is 2.30. The van der Waals surface area contributed by atoms with E-state index in [1.54, 1.807) is 6.26 Å². The van der Waals surface area contributed by atoms with Crippen LogP contribution in [0.1, 0.15) is 12.8 Å². The number of furan rings is 1. The third kappa shape index (κ3) is 2.35. The van der Waals surface area contributed by atoms with Gasteiger partial charge in [0.1, 0.15) is 5.69 Å². The van der Waals surface area contributed by atoms with Crippen molar-refractivity contribution in [3.8, 4) is 22.8 Å². The molecule has 1 aliphatic rings. The predicted octanol–water partition coefficient (Wildman–Crippen LogP) is 3.40. The van der Waals surface area contributed by atoms with Gasteiger partial charge in [-0.2, -0.15) is 0 Å². The summed E-state index contributed by atoms with van der Waals surface area (Å²) >= 11 is 0. The summed E-state index contributed by atoms with van der Waals surface area (Å²) in [6.07, 6.45) is 4.00. The van der Waals surface area contributed by atoms with E-state index in [2.05, 4.69) is 15.1 Å². The zero-order chi connectivity index (χ0) is 14.8. The number of hydrogen-bond donors (Lipinski definition) is 0. The number of benzene rings is 1. The lowest BCUT2D eigenvalue weighted by Gasteiger charge is -2.19. The summed E-state index contributed by atoms with van der Waals surface area (Å²) in [4.78, 5) is 7.01. The molecule has 2 aromatic heterocycles. The Hall–Kier alpha value is -2.69. The number of nitrogens with zero attached hydrogens (tertiary/aromatic N) is 4. The molecule has 1 fully saturated rings. The zero-order valence-electron chi connectivity index (χ0n) is 12.1. The number of hydrogen-bond acceptors (Lipinski definition) is 5. The molecule has 0 amide bonds. The van der Waals surface area contributed by atoms with Crippen LogP contribution in [0.2, 0.25) is 0 Å². The van der Waals surface area contributed by atoms with Gasteiger partial charge in [-0.1, -0.05) is 30.3 Å². The highest BCUT2D eigenvalue weighted by molar-refractivity contribution is 5.73. The van der Waals surface area contributed by atoms with Crippen LogP contribution in [0.3, 0.4) is 0 Å². The Morgan fingerprint density at radius 3 is 2.45 bits per heavy atom. The van der Waals surface area contributed by atoms with E-state index < -0.39 is 0 Å². The molecule has 1 saturated heterocycles. The minimum absolute atomic E-state index is 0.534. The first-order valence-corrected chi connectivity index (χ1v) is 7.51. The van der Waals surface area contributed by atoms with Crippen molar-refractivity contribution < 1.29 is 4.42 Å². The smallest absolute Gasteiger partial charge is 0.219 e. The summed E-state index contributed by atoms with van der Waals surface area (Å²) in [5.74, 6) is 2.07. The Kier molecular flexibility index (Phi) is 3.31. The third-order valence-electron chi connectivity index (χ3n) is 3.86. The molecule has 0 unspecified atom stereocenters. The molecule has 5 heteroatoms. The molecule has 0 bridgehead atoms. The molecule has 1 aromatic carbocycles. The second-order valence-electron chi connectivity index (χ2n) is 5.35. The fourth-order valence-corrected chi connectivity index (χ4v) is 2.76. The van der Waals surface area contributed by atoms with Crippen molar-refractivity contribution >= 4 is 5.82 Å². The molecule has 0 aliphatic carbocycles. The summed E-state index contributed by atoms with van der Waals surface area (Å²) in [5.41, 5.74) is 1.87. The molecule has 1 aliphatic heterocycles. The molecule has 0 atom stereocenters. The van der Waals surface area contributed by atoms with Crippen molar-refractivity contribution in [2.75, 3.05) is 18.0 Å². The van der Waals surface area contributed by atoms with Crippen LogP contribution in [0.25, 0.3) is 22.8 Å². The normalized spacial score (nSPS) is 14.5. The quantitative estimate of drug-likeness (QED) is 0.740. The summed E-state index contributed by atoms with van der Waals surface area (Å²) in [7, 11) is 0. The first-order chi connectivity index (χ1) is 10.9. The third-order valence-corrected chi connectivity index (χ3v) is 3.86. The van der Waals surface area contributed by atoms with Gasteiger partial charge in [-0.3, -0.25) is 0 Å². The maximum absolute atomic E-state index is 5.40. The van der Waals surface area contributed by atoms with E-state index in [9.17, 15) is 0 Å². The lowest BCUT2D eigenvalue weighted by molar-refractivity contribution is 0.575. The van der Waals surface area contributed by atoms with Gasteiger partial charge in [0.05, 0.1) is 6.26 Å². The first-order valence-electron chi connectivity index (χ1n) is 7.51. The van der Waals surface area contributed by atoms with Crippen LogP contribution in [0, 0.1) is 0 Å². The Morgan fingerprint density at radius 1 is 0.909 bits per heavy atom. The van der Waals surface area contributed by atoms with Gasteiger partial charge in [-0.25, -0.2) is 4.98 Å². The molecule has 110 valence electrons. The van der Waals surface area contributed by atoms with Crippen molar-refractivity contribution in [2.45, 2.75) is 12.8 Å². The van der Waals surface area contributed by atoms with Crippen LogP contribution < -0.4 is 4.90 Å². The van der Waals surface area contributed by atoms with Crippen LogP contribution in [-0.2, 0) is 0 Å². The number of rotatable bonds is 3. The monoisotopic (exact) mass is 292 g/mol. The van der Waals surface area contributed by atoms with Gasteiger partial charge < -0.3 is 9.32 Å². The first kappa shape index (κ1) is 13.0. The van der Waals surface area contributed by atoms with Crippen LogP contribution in [0.5, 0.6) is 0 Å². The van der Waals surface area contributed by atoms with Crippen LogP contribution >= 0.6 is 0 Å². The van der Waals surface area contributed by atoms with E-state index in [4.69, 9.17) is 9.40 Å². The van der Waals surface area contributed by atoms with E-state index in [1.165, 1.54) is 12.8 Å². The fraction of sp³-hybridized carbons (Fsp3) is 0.235. The molecule has 5 nitrogen and oxygen atoms in total. The topological polar surface area (TPSA) is 55.1 Å². The minimum Gasteiger partial charge on any atom is -0.461 e. The Morgan fingerprint density at radius 2 is 1.73 bits per heavy atom. The summed E-state index contributed by atoms with van der Waals surface area (Å²) in [6.45, 7) is 2.02. The lowest BCUT2D eigenvalue weighted by atomic mass is 10.1. The molecule has 3 heterocycles. The van der Waals surface area contributed by atoms with Crippen LogP contribution in [0.4, 0.5) is 5.82 Å². The van der Waals surface area contributed by atoms with Gasteiger partial charge in [-0.15, -0.1) is 10.2 Å². The summed E-state index contributed by atoms with van der Waals surface area (Å²) in [6, 6.07) is 13.8. The molecule has 22 heavy (non-hydrogen) atoms. The Bertz CT molecular complexity index is 750. The van der Waals surface area contributed by atoms with Crippen molar-refractivity contribution in [2.24, 2.45) is 0 Å². The lowest BCUT2D eigenvalue weighted by Crippen LogP contribution is -2.21.